The fourth-order valence-electron chi connectivity index (χ4n) is 2.49. The number of hydrogen-bond donors (Lipinski definition) is 1. The summed E-state index contributed by atoms with van der Waals surface area (Å²) in [5.41, 5.74) is 1.44. The van der Waals surface area contributed by atoms with Crippen molar-refractivity contribution in [1.82, 2.24) is 5.32 Å². The third-order valence-corrected chi connectivity index (χ3v) is 3.57. The maximum absolute atomic E-state index is 5.42. The van der Waals surface area contributed by atoms with Gasteiger partial charge in [-0.25, -0.2) is 0 Å². The van der Waals surface area contributed by atoms with Gasteiger partial charge in [-0.2, -0.15) is 0 Å². The average Bonchev–Trinajstić information content (AvgIpc) is 2.33. The summed E-state index contributed by atoms with van der Waals surface area (Å²) in [5.74, 6) is 1.77. The van der Waals surface area contributed by atoms with Gasteiger partial charge in [0.15, 0.2) is 0 Å². The molecule has 0 aliphatic carbocycles. The zero-order chi connectivity index (χ0) is 11.7. The van der Waals surface area contributed by atoms with E-state index in [2.05, 4.69) is 41.7 Å². The van der Waals surface area contributed by atoms with E-state index in [4.69, 9.17) is 4.74 Å². The van der Waals surface area contributed by atoms with Crippen LogP contribution in [-0.2, 0) is 6.42 Å². The van der Waals surface area contributed by atoms with Crippen LogP contribution in [0.4, 0.5) is 0 Å². The van der Waals surface area contributed by atoms with Crippen molar-refractivity contribution in [2.24, 2.45) is 5.92 Å². The Balaban J connectivity index is 2.05. The van der Waals surface area contributed by atoms with Crippen LogP contribution in [0.2, 0.25) is 0 Å². The molecule has 1 aliphatic heterocycles. The summed E-state index contributed by atoms with van der Waals surface area (Å²) >= 11 is 0. The first kappa shape index (κ1) is 10.6. The lowest BCUT2D eigenvalue weighted by molar-refractivity contribution is 0.347. The third kappa shape index (κ3) is 1.89. The molecule has 2 heteroatoms. The van der Waals surface area contributed by atoms with E-state index in [-0.39, 0.29) is 0 Å². The van der Waals surface area contributed by atoms with Gasteiger partial charge >= 0.3 is 0 Å². The van der Waals surface area contributed by atoms with E-state index in [0.717, 1.165) is 31.2 Å². The minimum Gasteiger partial charge on any atom is -0.496 e. The minimum absolute atomic E-state index is 0.798. The molecule has 1 N–H and O–H groups in total. The molecule has 0 unspecified atom stereocenters. The van der Waals surface area contributed by atoms with Crippen LogP contribution in [0.15, 0.2) is 36.4 Å². The van der Waals surface area contributed by atoms with Crippen molar-refractivity contribution in [3.8, 4) is 5.75 Å². The molecular formula is C15H17NO. The molecule has 1 fully saturated rings. The predicted octanol–water partition coefficient (Wildman–Crippen LogP) is 2.61. The van der Waals surface area contributed by atoms with Crippen LogP contribution in [0.5, 0.6) is 5.75 Å². The highest BCUT2D eigenvalue weighted by Gasteiger charge is 2.18. The number of rotatable bonds is 3. The third-order valence-electron chi connectivity index (χ3n) is 3.57. The molecule has 0 bridgehead atoms. The second-order valence-corrected chi connectivity index (χ2v) is 4.70. The smallest absolute Gasteiger partial charge is 0.126 e. The molecule has 1 saturated heterocycles. The first-order valence-electron chi connectivity index (χ1n) is 6.14. The van der Waals surface area contributed by atoms with Gasteiger partial charge in [-0.1, -0.05) is 30.3 Å². The summed E-state index contributed by atoms with van der Waals surface area (Å²) < 4.78 is 5.42. The Labute approximate surface area is 102 Å². The van der Waals surface area contributed by atoms with E-state index in [1.54, 1.807) is 7.11 Å². The quantitative estimate of drug-likeness (QED) is 0.870. The molecule has 0 spiro atoms. The van der Waals surface area contributed by atoms with Crippen LogP contribution in [0.1, 0.15) is 5.56 Å². The van der Waals surface area contributed by atoms with Gasteiger partial charge in [-0.15, -0.1) is 0 Å². The number of hydrogen-bond acceptors (Lipinski definition) is 2. The van der Waals surface area contributed by atoms with Crippen LogP contribution in [-0.4, -0.2) is 20.2 Å². The number of nitrogens with one attached hydrogen (secondary N) is 1. The highest BCUT2D eigenvalue weighted by atomic mass is 16.5. The van der Waals surface area contributed by atoms with Gasteiger partial charge in [0.1, 0.15) is 5.75 Å². The maximum Gasteiger partial charge on any atom is 0.126 e. The molecule has 17 heavy (non-hydrogen) atoms. The Kier molecular flexibility index (Phi) is 2.73. The predicted molar refractivity (Wildman–Crippen MR) is 70.6 cm³/mol. The van der Waals surface area contributed by atoms with Crippen LogP contribution in [0.25, 0.3) is 10.8 Å². The average molecular weight is 227 g/mol. The summed E-state index contributed by atoms with van der Waals surface area (Å²) in [6.07, 6.45) is 1.16. The van der Waals surface area contributed by atoms with E-state index < -0.39 is 0 Å². The molecule has 0 atom stereocenters. The van der Waals surface area contributed by atoms with Crippen molar-refractivity contribution in [3.63, 3.8) is 0 Å². The largest absolute Gasteiger partial charge is 0.496 e. The summed E-state index contributed by atoms with van der Waals surface area (Å²) in [4.78, 5) is 0. The molecule has 0 saturated carbocycles. The number of methoxy groups -OCH3 is 1. The van der Waals surface area contributed by atoms with Crippen molar-refractivity contribution in [2.75, 3.05) is 20.2 Å². The standard InChI is InChI=1S/C15H17NO/c1-17-15-7-6-12(8-11-9-16-10-11)13-4-2-3-5-14(13)15/h2-7,11,16H,8-10H2,1H3. The van der Waals surface area contributed by atoms with E-state index in [1.165, 1.54) is 16.3 Å². The topological polar surface area (TPSA) is 21.3 Å². The molecular weight excluding hydrogens is 210 g/mol. The summed E-state index contributed by atoms with van der Waals surface area (Å²) in [7, 11) is 1.73. The van der Waals surface area contributed by atoms with E-state index in [1.807, 2.05) is 0 Å². The fourth-order valence-corrected chi connectivity index (χ4v) is 2.49. The molecule has 2 aromatic carbocycles. The maximum atomic E-state index is 5.42. The molecule has 0 amide bonds. The molecule has 3 rings (SSSR count). The zero-order valence-electron chi connectivity index (χ0n) is 10.1. The second kappa shape index (κ2) is 4.38. The lowest BCUT2D eigenvalue weighted by atomic mass is 9.91. The Hall–Kier alpha value is -1.54. The SMILES string of the molecule is COc1ccc(CC2CNC2)c2ccccc12. The first-order chi connectivity index (χ1) is 8.38. The Morgan fingerprint density at radius 2 is 1.88 bits per heavy atom. The second-order valence-electron chi connectivity index (χ2n) is 4.70. The van der Waals surface area contributed by atoms with Crippen molar-refractivity contribution in [3.05, 3.63) is 42.0 Å². The van der Waals surface area contributed by atoms with E-state index in [9.17, 15) is 0 Å². The van der Waals surface area contributed by atoms with Crippen LogP contribution in [0.3, 0.4) is 0 Å². The fraction of sp³-hybridized carbons (Fsp3) is 0.333. The van der Waals surface area contributed by atoms with Gasteiger partial charge in [0.25, 0.3) is 0 Å². The monoisotopic (exact) mass is 227 g/mol. The van der Waals surface area contributed by atoms with Crippen molar-refractivity contribution < 1.29 is 4.74 Å². The molecule has 1 aliphatic rings. The normalized spacial score (nSPS) is 15.8. The summed E-state index contributed by atoms with van der Waals surface area (Å²) in [5, 5.41) is 5.88. The van der Waals surface area contributed by atoms with Gasteiger partial charge in [0, 0.05) is 5.39 Å². The van der Waals surface area contributed by atoms with E-state index >= 15 is 0 Å². The molecule has 2 nitrogen and oxygen atoms in total. The lowest BCUT2D eigenvalue weighted by Crippen LogP contribution is -2.43. The van der Waals surface area contributed by atoms with Crippen molar-refractivity contribution in [1.29, 1.82) is 0 Å². The Morgan fingerprint density at radius 1 is 1.12 bits per heavy atom. The van der Waals surface area contributed by atoms with E-state index in [0.29, 0.717) is 0 Å². The Bertz CT molecular complexity index is 531. The minimum atomic E-state index is 0.798. The molecule has 1 heterocycles. The number of ether oxygens (including phenoxy) is 1. The van der Waals surface area contributed by atoms with Gasteiger partial charge in [-0.3, -0.25) is 0 Å². The van der Waals surface area contributed by atoms with Gasteiger partial charge in [0.05, 0.1) is 7.11 Å². The zero-order valence-corrected chi connectivity index (χ0v) is 10.1. The van der Waals surface area contributed by atoms with Gasteiger partial charge in [0.2, 0.25) is 0 Å². The van der Waals surface area contributed by atoms with Crippen LogP contribution in [0, 0.1) is 5.92 Å². The van der Waals surface area contributed by atoms with Crippen molar-refractivity contribution in [2.45, 2.75) is 6.42 Å². The first-order valence-corrected chi connectivity index (χ1v) is 6.14. The molecule has 0 aromatic heterocycles. The highest BCUT2D eigenvalue weighted by molar-refractivity contribution is 5.91. The number of fused-ring (bicyclic) bond motifs is 1. The summed E-state index contributed by atoms with van der Waals surface area (Å²) in [6, 6.07) is 12.8. The molecule has 88 valence electrons. The number of benzene rings is 2. The van der Waals surface area contributed by atoms with Crippen molar-refractivity contribution >= 4 is 10.8 Å². The van der Waals surface area contributed by atoms with Crippen LogP contribution >= 0.6 is 0 Å². The molecule has 2 aromatic rings. The van der Waals surface area contributed by atoms with Crippen LogP contribution < -0.4 is 10.1 Å². The molecule has 0 radical (unpaired) electrons. The van der Waals surface area contributed by atoms with Gasteiger partial charge < -0.3 is 10.1 Å². The highest BCUT2D eigenvalue weighted by Crippen LogP contribution is 2.29. The lowest BCUT2D eigenvalue weighted by Gasteiger charge is -2.27. The van der Waals surface area contributed by atoms with Gasteiger partial charge in [-0.05, 0) is 42.4 Å². The Morgan fingerprint density at radius 3 is 2.53 bits per heavy atom. The summed E-state index contributed by atoms with van der Waals surface area (Å²) in [6.45, 7) is 2.31.